The monoisotopic (exact) mass is 355 g/mol. The number of rotatable bonds is 6. The van der Waals surface area contributed by atoms with Crippen LogP contribution in [0.25, 0.3) is 0 Å². The summed E-state index contributed by atoms with van der Waals surface area (Å²) in [5.41, 5.74) is 3.39. The van der Waals surface area contributed by atoms with Crippen molar-refractivity contribution in [3.05, 3.63) is 47.3 Å². The van der Waals surface area contributed by atoms with Crippen LogP contribution in [0.15, 0.2) is 30.6 Å². The quantitative estimate of drug-likeness (QED) is 0.796. The molecule has 0 N–H and O–H groups in total. The number of carbonyl (C=O) groups is 1. The minimum absolute atomic E-state index is 0.0934. The minimum atomic E-state index is 0.0934. The van der Waals surface area contributed by atoms with Crippen LogP contribution in [0.4, 0.5) is 0 Å². The maximum Gasteiger partial charge on any atom is 0.260 e. The van der Waals surface area contributed by atoms with Crippen molar-refractivity contribution < 1.29 is 9.53 Å². The van der Waals surface area contributed by atoms with Crippen molar-refractivity contribution in [3.8, 4) is 5.75 Å². The number of aryl methyl sites for hydroxylation is 3. The highest BCUT2D eigenvalue weighted by atomic mass is 16.5. The van der Waals surface area contributed by atoms with Crippen molar-refractivity contribution in [2.24, 2.45) is 5.92 Å². The molecule has 0 saturated carbocycles. The molecule has 5 heteroatoms. The van der Waals surface area contributed by atoms with Crippen molar-refractivity contribution in [3.63, 3.8) is 0 Å². The number of carbonyl (C=O) groups excluding carboxylic acids is 1. The molecular formula is C21H29N3O2. The number of aromatic nitrogens is 2. The SMILES string of the molecule is Cc1ccc(C)c(OCC(=O)N2CCC(CCn3cccn3)CC2)c1C. The van der Waals surface area contributed by atoms with Crippen LogP contribution in [0.2, 0.25) is 0 Å². The Labute approximate surface area is 156 Å². The van der Waals surface area contributed by atoms with Gasteiger partial charge in [-0.3, -0.25) is 9.48 Å². The lowest BCUT2D eigenvalue weighted by Gasteiger charge is -2.32. The highest BCUT2D eigenvalue weighted by Gasteiger charge is 2.23. The first-order valence-electron chi connectivity index (χ1n) is 9.49. The third-order valence-corrected chi connectivity index (χ3v) is 5.51. The molecule has 26 heavy (non-hydrogen) atoms. The molecule has 1 aromatic carbocycles. The highest BCUT2D eigenvalue weighted by molar-refractivity contribution is 5.78. The van der Waals surface area contributed by atoms with Gasteiger partial charge >= 0.3 is 0 Å². The predicted molar refractivity (Wildman–Crippen MR) is 102 cm³/mol. The molecule has 1 aliphatic heterocycles. The van der Waals surface area contributed by atoms with E-state index >= 15 is 0 Å². The van der Waals surface area contributed by atoms with Crippen molar-refractivity contribution in [2.45, 2.75) is 46.6 Å². The van der Waals surface area contributed by atoms with Gasteiger partial charge in [-0.15, -0.1) is 0 Å². The first kappa shape index (κ1) is 18.5. The first-order chi connectivity index (χ1) is 12.5. The smallest absolute Gasteiger partial charge is 0.260 e. The van der Waals surface area contributed by atoms with Gasteiger partial charge in [-0.1, -0.05) is 12.1 Å². The fraction of sp³-hybridized carbons (Fsp3) is 0.524. The van der Waals surface area contributed by atoms with Crippen LogP contribution in [-0.4, -0.2) is 40.3 Å². The van der Waals surface area contributed by atoms with Crippen LogP contribution < -0.4 is 4.74 Å². The summed E-state index contributed by atoms with van der Waals surface area (Å²) >= 11 is 0. The molecule has 0 radical (unpaired) electrons. The zero-order chi connectivity index (χ0) is 18.5. The molecule has 0 spiro atoms. The molecule has 1 amide bonds. The summed E-state index contributed by atoms with van der Waals surface area (Å²) in [5, 5.41) is 4.25. The molecule has 3 rings (SSSR count). The van der Waals surface area contributed by atoms with Crippen LogP contribution >= 0.6 is 0 Å². The van der Waals surface area contributed by atoms with E-state index in [0.29, 0.717) is 5.92 Å². The van der Waals surface area contributed by atoms with E-state index in [4.69, 9.17) is 4.74 Å². The van der Waals surface area contributed by atoms with E-state index in [0.717, 1.165) is 55.8 Å². The predicted octanol–water partition coefficient (Wildman–Crippen LogP) is 3.52. The Kier molecular flexibility index (Phi) is 5.96. The number of hydrogen-bond donors (Lipinski definition) is 0. The van der Waals surface area contributed by atoms with Crippen molar-refractivity contribution in [2.75, 3.05) is 19.7 Å². The molecule has 1 aliphatic rings. The molecule has 2 heterocycles. The number of benzene rings is 1. The zero-order valence-corrected chi connectivity index (χ0v) is 16.1. The Hall–Kier alpha value is -2.30. The van der Waals surface area contributed by atoms with Gasteiger partial charge in [-0.25, -0.2) is 0 Å². The third-order valence-electron chi connectivity index (χ3n) is 5.51. The molecule has 1 saturated heterocycles. The topological polar surface area (TPSA) is 47.4 Å². The molecule has 2 aromatic rings. The Bertz CT molecular complexity index is 732. The van der Waals surface area contributed by atoms with E-state index in [1.165, 1.54) is 5.56 Å². The van der Waals surface area contributed by atoms with Gasteiger partial charge in [0.1, 0.15) is 5.75 Å². The normalized spacial score (nSPS) is 15.3. The van der Waals surface area contributed by atoms with Gasteiger partial charge in [0.15, 0.2) is 6.61 Å². The van der Waals surface area contributed by atoms with Crippen molar-refractivity contribution >= 4 is 5.91 Å². The van der Waals surface area contributed by atoms with Gasteiger partial charge < -0.3 is 9.64 Å². The van der Waals surface area contributed by atoms with E-state index in [2.05, 4.69) is 18.1 Å². The van der Waals surface area contributed by atoms with E-state index in [-0.39, 0.29) is 12.5 Å². The van der Waals surface area contributed by atoms with Gasteiger partial charge in [0.25, 0.3) is 5.91 Å². The molecule has 0 aliphatic carbocycles. The average molecular weight is 355 g/mol. The molecule has 5 nitrogen and oxygen atoms in total. The Balaban J connectivity index is 1.44. The zero-order valence-electron chi connectivity index (χ0n) is 16.1. The second kappa shape index (κ2) is 8.39. The number of piperidine rings is 1. The van der Waals surface area contributed by atoms with Crippen molar-refractivity contribution in [1.82, 2.24) is 14.7 Å². The van der Waals surface area contributed by atoms with Crippen LogP contribution in [-0.2, 0) is 11.3 Å². The summed E-state index contributed by atoms with van der Waals surface area (Å²) < 4.78 is 7.87. The number of ether oxygens (including phenoxy) is 1. The van der Waals surface area contributed by atoms with E-state index in [1.807, 2.05) is 48.0 Å². The number of nitrogens with zero attached hydrogens (tertiary/aromatic N) is 3. The second-order valence-electron chi connectivity index (χ2n) is 7.32. The molecule has 0 unspecified atom stereocenters. The van der Waals surface area contributed by atoms with E-state index in [1.54, 1.807) is 0 Å². The summed E-state index contributed by atoms with van der Waals surface area (Å²) in [4.78, 5) is 14.5. The Morgan fingerprint density at radius 3 is 2.62 bits per heavy atom. The molecule has 140 valence electrons. The summed E-state index contributed by atoms with van der Waals surface area (Å²) in [6, 6.07) is 6.10. The van der Waals surface area contributed by atoms with Gasteiger partial charge in [0.05, 0.1) is 0 Å². The maximum atomic E-state index is 12.5. The number of likely N-dealkylation sites (tertiary alicyclic amines) is 1. The Morgan fingerprint density at radius 2 is 1.92 bits per heavy atom. The third kappa shape index (κ3) is 4.45. The maximum absolute atomic E-state index is 12.5. The fourth-order valence-electron chi connectivity index (χ4n) is 3.59. The number of amides is 1. The summed E-state index contributed by atoms with van der Waals surface area (Å²) in [5.74, 6) is 1.62. The van der Waals surface area contributed by atoms with Gasteiger partial charge in [0, 0.05) is 32.0 Å². The van der Waals surface area contributed by atoms with E-state index < -0.39 is 0 Å². The fourth-order valence-corrected chi connectivity index (χ4v) is 3.59. The van der Waals surface area contributed by atoms with Gasteiger partial charge in [0.2, 0.25) is 0 Å². The first-order valence-corrected chi connectivity index (χ1v) is 9.49. The van der Waals surface area contributed by atoms with Crippen molar-refractivity contribution in [1.29, 1.82) is 0 Å². The lowest BCUT2D eigenvalue weighted by molar-refractivity contribution is -0.134. The molecule has 1 aromatic heterocycles. The minimum Gasteiger partial charge on any atom is -0.483 e. The number of hydrogen-bond acceptors (Lipinski definition) is 3. The Morgan fingerprint density at radius 1 is 1.19 bits per heavy atom. The highest BCUT2D eigenvalue weighted by Crippen LogP contribution is 2.26. The van der Waals surface area contributed by atoms with E-state index in [9.17, 15) is 4.79 Å². The molecule has 1 fully saturated rings. The van der Waals surface area contributed by atoms with Crippen LogP contribution in [0.3, 0.4) is 0 Å². The van der Waals surface area contributed by atoms with Crippen LogP contribution in [0.5, 0.6) is 5.75 Å². The lowest BCUT2D eigenvalue weighted by Crippen LogP contribution is -2.41. The van der Waals surface area contributed by atoms with Crippen LogP contribution in [0, 0.1) is 26.7 Å². The second-order valence-corrected chi connectivity index (χ2v) is 7.32. The summed E-state index contributed by atoms with van der Waals surface area (Å²) in [6.45, 7) is 8.89. The largest absolute Gasteiger partial charge is 0.483 e. The summed E-state index contributed by atoms with van der Waals surface area (Å²) in [6.07, 6.45) is 7.08. The average Bonchev–Trinajstić information content (AvgIpc) is 3.17. The molecular weight excluding hydrogens is 326 g/mol. The van der Waals surface area contributed by atoms with Crippen LogP contribution in [0.1, 0.15) is 36.0 Å². The lowest BCUT2D eigenvalue weighted by atomic mass is 9.93. The standard InChI is InChI=1S/C21H29N3O2/c1-16-5-6-17(2)21(18(16)3)26-15-20(25)23-12-7-19(8-13-23)9-14-24-11-4-10-22-24/h4-6,10-11,19H,7-9,12-15H2,1-3H3. The molecule has 0 bridgehead atoms. The van der Waals surface area contributed by atoms with Gasteiger partial charge in [-0.05, 0) is 68.7 Å². The van der Waals surface area contributed by atoms with Gasteiger partial charge in [-0.2, -0.15) is 5.10 Å². The molecule has 0 atom stereocenters. The summed E-state index contributed by atoms with van der Waals surface area (Å²) in [7, 11) is 0.